The van der Waals surface area contributed by atoms with Gasteiger partial charge in [0.15, 0.2) is 6.54 Å². The Labute approximate surface area is 142 Å². The number of nitrogens with one attached hydrogen (secondary N) is 2. The summed E-state index contributed by atoms with van der Waals surface area (Å²) in [5.74, 6) is 0.853. The largest absolute Gasteiger partial charge is 0.497 e. The van der Waals surface area contributed by atoms with E-state index in [1.54, 1.807) is 7.11 Å². The minimum absolute atomic E-state index is 0.0189. The van der Waals surface area contributed by atoms with Crippen LogP contribution in [0.4, 0.5) is 0 Å². The van der Waals surface area contributed by atoms with Crippen molar-refractivity contribution in [2.45, 2.75) is 13.1 Å². The fourth-order valence-electron chi connectivity index (χ4n) is 2.38. The van der Waals surface area contributed by atoms with Crippen molar-refractivity contribution in [3.63, 3.8) is 0 Å². The number of methoxy groups -OCH3 is 1. The number of benzene rings is 2. The second-order valence-electron chi connectivity index (χ2n) is 5.57. The molecule has 2 N–H and O–H groups in total. The summed E-state index contributed by atoms with van der Waals surface area (Å²) in [6, 6.07) is 15.4. The Morgan fingerprint density at radius 2 is 1.91 bits per heavy atom. The van der Waals surface area contributed by atoms with Gasteiger partial charge in [0.05, 0.1) is 14.2 Å². The Balaban J connectivity index is 1.80. The van der Waals surface area contributed by atoms with Gasteiger partial charge in [0, 0.05) is 17.1 Å². The highest BCUT2D eigenvalue weighted by Crippen LogP contribution is 2.11. The molecule has 122 valence electrons. The molecule has 0 radical (unpaired) electrons. The highest BCUT2D eigenvalue weighted by Gasteiger charge is 2.11. The van der Waals surface area contributed by atoms with Gasteiger partial charge in [-0.1, -0.05) is 35.9 Å². The molecule has 0 saturated carbocycles. The molecule has 2 aromatic rings. The van der Waals surface area contributed by atoms with E-state index in [1.807, 2.05) is 55.6 Å². The van der Waals surface area contributed by atoms with Gasteiger partial charge in [0.1, 0.15) is 12.3 Å². The van der Waals surface area contributed by atoms with E-state index in [9.17, 15) is 4.79 Å². The third-order valence-corrected chi connectivity index (χ3v) is 3.72. The lowest BCUT2D eigenvalue weighted by molar-refractivity contribution is -0.885. The first kappa shape index (κ1) is 17.3. The van der Waals surface area contributed by atoms with E-state index in [-0.39, 0.29) is 5.91 Å². The highest BCUT2D eigenvalue weighted by molar-refractivity contribution is 6.30. The molecule has 0 aliphatic heterocycles. The zero-order valence-corrected chi connectivity index (χ0v) is 14.2. The van der Waals surface area contributed by atoms with Crippen LogP contribution >= 0.6 is 11.6 Å². The summed E-state index contributed by atoms with van der Waals surface area (Å²) >= 11 is 5.93. The van der Waals surface area contributed by atoms with E-state index >= 15 is 0 Å². The minimum Gasteiger partial charge on any atom is -0.497 e. The normalized spacial score (nSPS) is 11.8. The van der Waals surface area contributed by atoms with Gasteiger partial charge in [0.2, 0.25) is 0 Å². The molecule has 23 heavy (non-hydrogen) atoms. The molecule has 1 amide bonds. The van der Waals surface area contributed by atoms with Crippen molar-refractivity contribution in [3.8, 4) is 5.75 Å². The third kappa shape index (κ3) is 5.93. The van der Waals surface area contributed by atoms with Crippen molar-refractivity contribution in [2.75, 3.05) is 20.7 Å². The SMILES string of the molecule is COc1cccc(C[NH+](C)CC(=O)NCc2cccc(Cl)c2)c1. The Hall–Kier alpha value is -2.04. The van der Waals surface area contributed by atoms with Crippen LogP contribution < -0.4 is 15.0 Å². The summed E-state index contributed by atoms with van der Waals surface area (Å²) in [7, 11) is 3.65. The number of likely N-dealkylation sites (N-methyl/N-ethyl adjacent to an activating group) is 1. The van der Waals surface area contributed by atoms with Crippen molar-refractivity contribution >= 4 is 17.5 Å². The lowest BCUT2D eigenvalue weighted by Crippen LogP contribution is -3.08. The van der Waals surface area contributed by atoms with E-state index < -0.39 is 0 Å². The average Bonchev–Trinajstić information content (AvgIpc) is 2.53. The van der Waals surface area contributed by atoms with Crippen LogP contribution in [0.3, 0.4) is 0 Å². The molecular formula is C18H22ClN2O2+. The maximum atomic E-state index is 12.0. The lowest BCUT2D eigenvalue weighted by Gasteiger charge is -2.14. The first-order chi connectivity index (χ1) is 11.1. The quantitative estimate of drug-likeness (QED) is 0.809. The summed E-state index contributed by atoms with van der Waals surface area (Å²) < 4.78 is 5.22. The number of quaternary nitrogens is 1. The minimum atomic E-state index is 0.0189. The first-order valence-electron chi connectivity index (χ1n) is 7.52. The molecule has 0 heterocycles. The zero-order chi connectivity index (χ0) is 16.7. The molecule has 0 aliphatic rings. The van der Waals surface area contributed by atoms with E-state index in [4.69, 9.17) is 16.3 Å². The van der Waals surface area contributed by atoms with Crippen LogP contribution in [0.15, 0.2) is 48.5 Å². The van der Waals surface area contributed by atoms with Gasteiger partial charge in [-0.2, -0.15) is 0 Å². The van der Waals surface area contributed by atoms with Crippen LogP contribution in [-0.2, 0) is 17.9 Å². The fraction of sp³-hybridized carbons (Fsp3) is 0.278. The van der Waals surface area contributed by atoms with Gasteiger partial charge in [-0.25, -0.2) is 0 Å². The predicted octanol–water partition coefficient (Wildman–Crippen LogP) is 1.68. The highest BCUT2D eigenvalue weighted by atomic mass is 35.5. The van der Waals surface area contributed by atoms with Crippen molar-refractivity contribution in [2.24, 2.45) is 0 Å². The molecule has 2 rings (SSSR count). The van der Waals surface area contributed by atoms with Crippen molar-refractivity contribution in [1.82, 2.24) is 5.32 Å². The number of rotatable bonds is 7. The van der Waals surface area contributed by atoms with Crippen molar-refractivity contribution < 1.29 is 14.4 Å². The standard InChI is InChI=1S/C18H21ClN2O2/c1-21(12-15-6-4-8-17(10-15)23-2)13-18(22)20-11-14-5-3-7-16(19)9-14/h3-10H,11-13H2,1-2H3,(H,20,22)/p+1. The van der Waals surface area contributed by atoms with Crippen LogP contribution in [0, 0.1) is 0 Å². The average molecular weight is 334 g/mol. The topological polar surface area (TPSA) is 42.8 Å². The number of hydrogen-bond acceptors (Lipinski definition) is 2. The summed E-state index contributed by atoms with van der Waals surface area (Å²) in [5, 5.41) is 3.60. The second-order valence-corrected chi connectivity index (χ2v) is 6.01. The van der Waals surface area contributed by atoms with Crippen LogP contribution in [0.25, 0.3) is 0 Å². The maximum Gasteiger partial charge on any atom is 0.275 e. The van der Waals surface area contributed by atoms with Gasteiger partial charge in [0.25, 0.3) is 5.91 Å². The Morgan fingerprint density at radius 3 is 2.65 bits per heavy atom. The predicted molar refractivity (Wildman–Crippen MR) is 91.8 cm³/mol. The molecule has 4 nitrogen and oxygen atoms in total. The first-order valence-corrected chi connectivity index (χ1v) is 7.90. The summed E-state index contributed by atoms with van der Waals surface area (Å²) in [5.41, 5.74) is 2.14. The van der Waals surface area contributed by atoms with Crippen molar-refractivity contribution in [1.29, 1.82) is 0 Å². The van der Waals surface area contributed by atoms with Crippen LogP contribution in [0.1, 0.15) is 11.1 Å². The van der Waals surface area contributed by atoms with Crippen LogP contribution in [0.2, 0.25) is 5.02 Å². The van der Waals surface area contributed by atoms with Gasteiger partial charge >= 0.3 is 0 Å². The molecule has 0 fully saturated rings. The molecule has 0 saturated heterocycles. The fourth-order valence-corrected chi connectivity index (χ4v) is 2.59. The monoisotopic (exact) mass is 333 g/mol. The molecule has 1 atom stereocenters. The number of hydrogen-bond donors (Lipinski definition) is 2. The van der Waals surface area contributed by atoms with E-state index in [0.717, 1.165) is 28.3 Å². The lowest BCUT2D eigenvalue weighted by atomic mass is 10.2. The van der Waals surface area contributed by atoms with Gasteiger partial charge < -0.3 is 15.0 Å². The zero-order valence-electron chi connectivity index (χ0n) is 13.4. The Kier molecular flexibility index (Phi) is 6.44. The smallest absolute Gasteiger partial charge is 0.275 e. The molecule has 2 aromatic carbocycles. The van der Waals surface area contributed by atoms with Gasteiger partial charge in [-0.15, -0.1) is 0 Å². The van der Waals surface area contributed by atoms with Crippen LogP contribution in [-0.4, -0.2) is 26.6 Å². The second kappa shape index (κ2) is 8.56. The Bertz CT molecular complexity index is 661. The van der Waals surface area contributed by atoms with E-state index in [0.29, 0.717) is 18.1 Å². The molecular weight excluding hydrogens is 312 g/mol. The number of carbonyl (C=O) groups excluding carboxylic acids is 1. The molecule has 0 aromatic heterocycles. The van der Waals surface area contributed by atoms with E-state index in [2.05, 4.69) is 5.32 Å². The number of amides is 1. The van der Waals surface area contributed by atoms with Crippen LogP contribution in [0.5, 0.6) is 5.75 Å². The molecule has 0 bridgehead atoms. The molecule has 5 heteroatoms. The van der Waals surface area contributed by atoms with Gasteiger partial charge in [-0.05, 0) is 29.8 Å². The maximum absolute atomic E-state index is 12.0. The summed E-state index contributed by atoms with van der Waals surface area (Å²) in [6.45, 7) is 1.67. The van der Waals surface area contributed by atoms with Crippen molar-refractivity contribution in [3.05, 3.63) is 64.7 Å². The number of halogens is 1. The Morgan fingerprint density at radius 1 is 1.17 bits per heavy atom. The molecule has 1 unspecified atom stereocenters. The number of carbonyl (C=O) groups is 1. The molecule has 0 spiro atoms. The summed E-state index contributed by atoms with van der Waals surface area (Å²) in [6.07, 6.45) is 0. The molecule has 0 aliphatic carbocycles. The van der Waals surface area contributed by atoms with Gasteiger partial charge in [-0.3, -0.25) is 4.79 Å². The summed E-state index contributed by atoms with van der Waals surface area (Å²) in [4.78, 5) is 13.1. The third-order valence-electron chi connectivity index (χ3n) is 3.48. The van der Waals surface area contributed by atoms with E-state index in [1.165, 1.54) is 0 Å². The number of ether oxygens (including phenoxy) is 1.